The molecule has 3 heterocycles. The van der Waals surface area contributed by atoms with Crippen LogP contribution < -0.4 is 20.7 Å². The van der Waals surface area contributed by atoms with E-state index in [1.807, 2.05) is 54.6 Å². The molecule has 10 nitrogen and oxygen atoms in total. The van der Waals surface area contributed by atoms with Gasteiger partial charge in [-0.15, -0.1) is 0 Å². The number of amides is 1. The normalized spacial score (nSPS) is 14.0. The number of hydrogen-bond acceptors (Lipinski definition) is 9. The summed E-state index contributed by atoms with van der Waals surface area (Å²) in [6.07, 6.45) is 1.60. The lowest BCUT2D eigenvalue weighted by molar-refractivity contribution is 0.0951. The van der Waals surface area contributed by atoms with Gasteiger partial charge in [-0.05, 0) is 55.1 Å². The summed E-state index contributed by atoms with van der Waals surface area (Å²) in [6.45, 7) is 3.96. The molecule has 196 valence electrons. The molecule has 39 heavy (non-hydrogen) atoms. The van der Waals surface area contributed by atoms with E-state index in [1.165, 1.54) is 0 Å². The van der Waals surface area contributed by atoms with Crippen molar-refractivity contribution in [1.82, 2.24) is 30.2 Å². The van der Waals surface area contributed by atoms with E-state index in [-0.39, 0.29) is 11.9 Å². The van der Waals surface area contributed by atoms with E-state index >= 15 is 0 Å². The smallest absolute Gasteiger partial charge is 0.251 e. The molecule has 0 spiro atoms. The molecule has 0 radical (unpaired) electrons. The highest BCUT2D eigenvalue weighted by Gasteiger charge is 2.19. The number of nitrogen functional groups attached to an aromatic ring is 1. The average Bonchev–Trinajstić information content (AvgIpc) is 2.95. The molecule has 3 N–H and O–H groups in total. The van der Waals surface area contributed by atoms with Gasteiger partial charge in [0.25, 0.3) is 5.91 Å². The Morgan fingerprint density at radius 2 is 1.74 bits per heavy atom. The van der Waals surface area contributed by atoms with Gasteiger partial charge in [0.05, 0.1) is 22.7 Å². The van der Waals surface area contributed by atoms with Gasteiger partial charge in [-0.25, -0.2) is 15.0 Å². The highest BCUT2D eigenvalue weighted by atomic mass is 16.5. The van der Waals surface area contributed by atoms with Crippen molar-refractivity contribution in [3.8, 4) is 11.6 Å². The van der Waals surface area contributed by atoms with Crippen molar-refractivity contribution in [2.45, 2.75) is 6.54 Å². The fourth-order valence-electron chi connectivity index (χ4n) is 4.64. The summed E-state index contributed by atoms with van der Waals surface area (Å²) in [7, 11) is 2.11. The number of anilines is 2. The first-order valence-corrected chi connectivity index (χ1v) is 12.8. The van der Waals surface area contributed by atoms with Crippen LogP contribution in [-0.4, -0.2) is 64.0 Å². The minimum absolute atomic E-state index is 0.196. The number of carbonyl (C=O) groups is 1. The molecule has 3 aromatic carbocycles. The van der Waals surface area contributed by atoms with E-state index in [4.69, 9.17) is 10.5 Å². The number of nitrogens with two attached hydrogens (primary N) is 1. The SMILES string of the molecule is CN1CCN(c2nc(N)nc3cc(C(=O)NCc4cccc(Oc5cnc6ccccc6n5)c4)ccc23)CC1. The molecule has 1 aliphatic heterocycles. The molecule has 1 fully saturated rings. The topological polar surface area (TPSA) is 122 Å². The summed E-state index contributed by atoms with van der Waals surface area (Å²) < 4.78 is 5.93. The Kier molecular flexibility index (Phi) is 6.60. The van der Waals surface area contributed by atoms with Crippen molar-refractivity contribution >= 4 is 39.6 Å². The van der Waals surface area contributed by atoms with Crippen molar-refractivity contribution < 1.29 is 9.53 Å². The zero-order valence-electron chi connectivity index (χ0n) is 21.5. The second kappa shape index (κ2) is 10.5. The minimum Gasteiger partial charge on any atom is -0.437 e. The van der Waals surface area contributed by atoms with Crippen LogP contribution in [0.15, 0.2) is 72.9 Å². The Bertz CT molecular complexity index is 1670. The number of fused-ring (bicyclic) bond motifs is 2. The lowest BCUT2D eigenvalue weighted by Crippen LogP contribution is -2.45. The molecule has 5 aromatic rings. The van der Waals surface area contributed by atoms with Gasteiger partial charge in [-0.1, -0.05) is 24.3 Å². The predicted molar refractivity (Wildman–Crippen MR) is 151 cm³/mol. The third-order valence-electron chi connectivity index (χ3n) is 6.76. The number of likely N-dealkylation sites (N-methyl/N-ethyl adjacent to an activating group) is 1. The summed E-state index contributed by atoms with van der Waals surface area (Å²) in [6, 6.07) is 20.6. The fourth-order valence-corrected chi connectivity index (χ4v) is 4.64. The number of benzene rings is 3. The van der Waals surface area contributed by atoms with E-state index in [2.05, 4.69) is 42.1 Å². The quantitative estimate of drug-likeness (QED) is 0.346. The Balaban J connectivity index is 1.15. The van der Waals surface area contributed by atoms with Crippen LogP contribution in [0.5, 0.6) is 11.6 Å². The van der Waals surface area contributed by atoms with Crippen LogP contribution in [0.4, 0.5) is 11.8 Å². The van der Waals surface area contributed by atoms with Crippen LogP contribution in [-0.2, 0) is 6.54 Å². The zero-order valence-corrected chi connectivity index (χ0v) is 21.5. The number of nitrogens with zero attached hydrogens (tertiary/aromatic N) is 6. The molecule has 1 amide bonds. The van der Waals surface area contributed by atoms with E-state index in [0.29, 0.717) is 29.3 Å². The Labute approximate surface area is 225 Å². The van der Waals surface area contributed by atoms with Gasteiger partial charge in [0.15, 0.2) is 0 Å². The lowest BCUT2D eigenvalue weighted by atomic mass is 10.1. The van der Waals surface area contributed by atoms with Crippen LogP contribution in [0.1, 0.15) is 15.9 Å². The summed E-state index contributed by atoms with van der Waals surface area (Å²) in [5, 5.41) is 3.86. The van der Waals surface area contributed by atoms with Gasteiger partial charge in [0.2, 0.25) is 11.8 Å². The Hall–Kier alpha value is -4.83. The van der Waals surface area contributed by atoms with E-state index in [0.717, 1.165) is 54.0 Å². The maximum Gasteiger partial charge on any atom is 0.251 e. The second-order valence-corrected chi connectivity index (χ2v) is 9.56. The first kappa shape index (κ1) is 24.5. The number of ether oxygens (including phenoxy) is 1. The van der Waals surface area contributed by atoms with Crippen LogP contribution in [0, 0.1) is 0 Å². The van der Waals surface area contributed by atoms with E-state index in [9.17, 15) is 4.79 Å². The first-order valence-electron chi connectivity index (χ1n) is 12.8. The molecule has 0 bridgehead atoms. The molecule has 6 rings (SSSR count). The van der Waals surface area contributed by atoms with Crippen molar-refractivity contribution in [2.24, 2.45) is 0 Å². The zero-order chi connectivity index (χ0) is 26.8. The van der Waals surface area contributed by atoms with Gasteiger partial charge < -0.3 is 25.6 Å². The number of hydrogen-bond donors (Lipinski definition) is 2. The van der Waals surface area contributed by atoms with E-state index < -0.39 is 0 Å². The molecule has 2 aromatic heterocycles. The van der Waals surface area contributed by atoms with Gasteiger partial charge in [-0.2, -0.15) is 4.98 Å². The molecule has 1 saturated heterocycles. The minimum atomic E-state index is -0.207. The van der Waals surface area contributed by atoms with Crippen molar-refractivity contribution in [3.63, 3.8) is 0 Å². The molecular formula is C29H28N8O2. The van der Waals surface area contributed by atoms with Crippen molar-refractivity contribution in [2.75, 3.05) is 43.9 Å². The van der Waals surface area contributed by atoms with Gasteiger partial charge in [-0.3, -0.25) is 4.79 Å². The predicted octanol–water partition coefficient (Wildman–Crippen LogP) is 3.63. The second-order valence-electron chi connectivity index (χ2n) is 9.56. The fraction of sp³-hybridized carbons (Fsp3) is 0.207. The average molecular weight is 521 g/mol. The van der Waals surface area contributed by atoms with Gasteiger partial charge in [0, 0.05) is 43.7 Å². The summed E-state index contributed by atoms with van der Waals surface area (Å²) in [4.78, 5) is 35.3. The maximum absolute atomic E-state index is 13.0. The summed E-state index contributed by atoms with van der Waals surface area (Å²) in [5.74, 6) is 1.82. The Morgan fingerprint density at radius 3 is 2.59 bits per heavy atom. The van der Waals surface area contributed by atoms with Crippen molar-refractivity contribution in [3.05, 3.63) is 84.1 Å². The standard InChI is InChI=1S/C29H28N8O2/c1-36-11-13-37(14-12-36)27-22-10-9-20(16-25(22)34-29(30)35-27)28(38)32-17-19-5-4-6-21(15-19)39-26-18-31-23-7-2-3-8-24(23)33-26/h2-10,15-16,18H,11-14,17H2,1H3,(H,32,38)(H2,30,34,35). The third kappa shape index (κ3) is 5.41. The first-order chi connectivity index (χ1) is 19.0. The number of piperazine rings is 1. The van der Waals surface area contributed by atoms with Gasteiger partial charge >= 0.3 is 0 Å². The number of nitrogens with one attached hydrogen (secondary N) is 1. The van der Waals surface area contributed by atoms with Crippen LogP contribution in [0.2, 0.25) is 0 Å². The van der Waals surface area contributed by atoms with Crippen LogP contribution >= 0.6 is 0 Å². The van der Waals surface area contributed by atoms with Crippen LogP contribution in [0.3, 0.4) is 0 Å². The molecule has 0 atom stereocenters. The number of rotatable bonds is 6. The van der Waals surface area contributed by atoms with Crippen LogP contribution in [0.25, 0.3) is 21.9 Å². The highest BCUT2D eigenvalue weighted by molar-refractivity contribution is 6.00. The Morgan fingerprint density at radius 1 is 0.923 bits per heavy atom. The van der Waals surface area contributed by atoms with Gasteiger partial charge in [0.1, 0.15) is 11.6 Å². The number of aromatic nitrogens is 4. The van der Waals surface area contributed by atoms with E-state index in [1.54, 1.807) is 18.3 Å². The number of para-hydroxylation sites is 2. The monoisotopic (exact) mass is 520 g/mol. The molecule has 1 aliphatic rings. The van der Waals surface area contributed by atoms with Crippen molar-refractivity contribution in [1.29, 1.82) is 0 Å². The molecule has 10 heteroatoms. The lowest BCUT2D eigenvalue weighted by Gasteiger charge is -2.33. The highest BCUT2D eigenvalue weighted by Crippen LogP contribution is 2.27. The molecule has 0 unspecified atom stereocenters. The third-order valence-corrected chi connectivity index (χ3v) is 6.76. The molecule has 0 aliphatic carbocycles. The molecular weight excluding hydrogens is 492 g/mol. The number of carbonyl (C=O) groups excluding carboxylic acids is 1. The maximum atomic E-state index is 13.0. The molecule has 0 saturated carbocycles. The summed E-state index contributed by atoms with van der Waals surface area (Å²) >= 11 is 0. The largest absolute Gasteiger partial charge is 0.437 e. The summed E-state index contributed by atoms with van der Waals surface area (Å²) in [5.41, 5.74) is 9.64.